The molecule has 0 radical (unpaired) electrons. The van der Waals surface area contributed by atoms with Crippen LogP contribution in [-0.4, -0.2) is 51.6 Å². The maximum atomic E-state index is 13.3. The first-order valence-corrected chi connectivity index (χ1v) is 9.82. The van der Waals surface area contributed by atoms with Crippen molar-refractivity contribution < 1.29 is 27.4 Å². The Morgan fingerprint density at radius 1 is 1.08 bits per heavy atom. The number of methoxy groups -OCH3 is 2. The molecule has 1 heterocycles. The summed E-state index contributed by atoms with van der Waals surface area (Å²) < 4.78 is 43.5. The number of carbonyl (C=O) groups is 1. The molecule has 138 valence electrons. The van der Waals surface area contributed by atoms with E-state index in [1.807, 2.05) is 0 Å². The highest BCUT2D eigenvalue weighted by Crippen LogP contribution is 2.41. The fraction of sp³-hybridized carbons (Fsp3) is 0.588. The van der Waals surface area contributed by atoms with Gasteiger partial charge in [0.15, 0.2) is 11.5 Å². The third-order valence-electron chi connectivity index (χ3n) is 5.01. The number of nitrogens with zero attached hydrogens (tertiary/aromatic N) is 1. The second-order valence-electron chi connectivity index (χ2n) is 6.32. The van der Waals surface area contributed by atoms with Crippen LogP contribution < -0.4 is 9.47 Å². The number of hydrogen-bond donors (Lipinski definition) is 0. The summed E-state index contributed by atoms with van der Waals surface area (Å²) in [4.78, 5) is 12.6. The van der Waals surface area contributed by atoms with Crippen molar-refractivity contribution in [2.75, 3.05) is 27.4 Å². The minimum Gasteiger partial charge on any atom is -0.493 e. The van der Waals surface area contributed by atoms with Crippen LogP contribution in [0, 0.1) is 0 Å². The zero-order chi connectivity index (χ0) is 18.1. The van der Waals surface area contributed by atoms with Crippen LogP contribution in [0.5, 0.6) is 11.5 Å². The smallest absolute Gasteiger partial charge is 0.327 e. The average molecular weight is 369 g/mol. The van der Waals surface area contributed by atoms with Crippen molar-refractivity contribution in [3.05, 3.63) is 18.2 Å². The lowest BCUT2D eigenvalue weighted by atomic mass is 9.81. The van der Waals surface area contributed by atoms with Crippen molar-refractivity contribution in [3.63, 3.8) is 0 Å². The van der Waals surface area contributed by atoms with E-state index in [0.717, 1.165) is 19.3 Å². The van der Waals surface area contributed by atoms with Gasteiger partial charge in [0.05, 0.1) is 19.1 Å². The average Bonchev–Trinajstić information content (AvgIpc) is 2.64. The van der Waals surface area contributed by atoms with Gasteiger partial charge in [-0.25, -0.2) is 8.42 Å². The second kappa shape index (κ2) is 6.84. The third-order valence-corrected chi connectivity index (χ3v) is 6.97. The number of rotatable bonds is 4. The molecular weight excluding hydrogens is 346 g/mol. The summed E-state index contributed by atoms with van der Waals surface area (Å²) in [5, 5.41) is 0. The molecular formula is C17H23NO6S. The molecule has 0 amide bonds. The van der Waals surface area contributed by atoms with Crippen LogP contribution in [0.3, 0.4) is 0 Å². The zero-order valence-corrected chi connectivity index (χ0v) is 15.3. The molecule has 1 aliphatic carbocycles. The lowest BCUT2D eigenvalue weighted by molar-refractivity contribution is -0.165. The molecule has 0 N–H and O–H groups in total. The molecule has 2 fully saturated rings. The standard InChI is InChI=1S/C17H23NO6S/c1-22-14-7-6-13(12-15(14)23-2)25(20,21)18-10-11-24-16(19)17(18)8-4-3-5-9-17/h6-7,12H,3-5,8-11H2,1-2H3. The molecule has 1 aromatic rings. The van der Waals surface area contributed by atoms with Crippen molar-refractivity contribution in [3.8, 4) is 11.5 Å². The van der Waals surface area contributed by atoms with E-state index in [0.29, 0.717) is 24.3 Å². The summed E-state index contributed by atoms with van der Waals surface area (Å²) in [6, 6.07) is 4.47. The highest BCUT2D eigenvalue weighted by molar-refractivity contribution is 7.89. The van der Waals surface area contributed by atoms with E-state index in [9.17, 15) is 13.2 Å². The van der Waals surface area contributed by atoms with Gasteiger partial charge in [-0.3, -0.25) is 4.79 Å². The van der Waals surface area contributed by atoms with Gasteiger partial charge in [-0.1, -0.05) is 19.3 Å². The van der Waals surface area contributed by atoms with Gasteiger partial charge in [0.25, 0.3) is 0 Å². The first kappa shape index (κ1) is 18.0. The first-order chi connectivity index (χ1) is 12.0. The summed E-state index contributed by atoms with van der Waals surface area (Å²) in [6.45, 7) is 0.246. The van der Waals surface area contributed by atoms with Crippen LogP contribution in [0.4, 0.5) is 0 Å². The molecule has 7 nitrogen and oxygen atoms in total. The van der Waals surface area contributed by atoms with E-state index in [4.69, 9.17) is 14.2 Å². The second-order valence-corrected chi connectivity index (χ2v) is 8.18. The quantitative estimate of drug-likeness (QED) is 0.755. The number of ether oxygens (including phenoxy) is 3. The van der Waals surface area contributed by atoms with Crippen molar-refractivity contribution in [2.24, 2.45) is 0 Å². The molecule has 0 aromatic heterocycles. The van der Waals surface area contributed by atoms with Crippen LogP contribution in [0.25, 0.3) is 0 Å². The Morgan fingerprint density at radius 3 is 2.40 bits per heavy atom. The minimum absolute atomic E-state index is 0.0765. The van der Waals surface area contributed by atoms with Crippen molar-refractivity contribution in [1.82, 2.24) is 4.31 Å². The highest BCUT2D eigenvalue weighted by atomic mass is 32.2. The van der Waals surface area contributed by atoms with Crippen molar-refractivity contribution in [2.45, 2.75) is 42.5 Å². The van der Waals surface area contributed by atoms with Crippen molar-refractivity contribution in [1.29, 1.82) is 0 Å². The van der Waals surface area contributed by atoms with Gasteiger partial charge in [-0.15, -0.1) is 0 Å². The van der Waals surface area contributed by atoms with Gasteiger partial charge in [-0.05, 0) is 25.0 Å². The molecule has 1 saturated heterocycles. The number of esters is 1. The van der Waals surface area contributed by atoms with E-state index in [1.165, 1.54) is 30.7 Å². The Labute approximate surface area is 147 Å². The van der Waals surface area contributed by atoms with Gasteiger partial charge in [0.1, 0.15) is 12.1 Å². The number of carbonyl (C=O) groups excluding carboxylic acids is 1. The maximum absolute atomic E-state index is 13.3. The predicted molar refractivity (Wildman–Crippen MR) is 90.2 cm³/mol. The summed E-state index contributed by atoms with van der Waals surface area (Å²) in [5.74, 6) is 0.357. The molecule has 0 atom stereocenters. The molecule has 1 aromatic carbocycles. The molecule has 8 heteroatoms. The number of benzene rings is 1. The number of morpholine rings is 1. The fourth-order valence-corrected chi connectivity index (χ4v) is 5.50. The van der Waals surface area contributed by atoms with Gasteiger partial charge >= 0.3 is 5.97 Å². The Balaban J connectivity index is 2.04. The van der Waals surface area contributed by atoms with Gasteiger partial charge in [0.2, 0.25) is 10.0 Å². The van der Waals surface area contributed by atoms with Crippen LogP contribution in [0.2, 0.25) is 0 Å². The first-order valence-electron chi connectivity index (χ1n) is 8.38. The molecule has 3 rings (SSSR count). The predicted octanol–water partition coefficient (Wildman–Crippen LogP) is 1.95. The Hall–Kier alpha value is -1.80. The van der Waals surface area contributed by atoms with E-state index in [-0.39, 0.29) is 18.0 Å². The molecule has 1 spiro atoms. The molecule has 1 saturated carbocycles. The topological polar surface area (TPSA) is 82.1 Å². The minimum atomic E-state index is -3.86. The Morgan fingerprint density at radius 2 is 1.76 bits per heavy atom. The van der Waals surface area contributed by atoms with Crippen LogP contribution in [0.15, 0.2) is 23.1 Å². The van der Waals surface area contributed by atoms with E-state index < -0.39 is 21.5 Å². The fourth-order valence-electron chi connectivity index (χ4n) is 3.72. The van der Waals surface area contributed by atoms with Crippen LogP contribution in [-0.2, 0) is 19.6 Å². The van der Waals surface area contributed by atoms with Gasteiger partial charge in [-0.2, -0.15) is 4.31 Å². The number of hydrogen-bond acceptors (Lipinski definition) is 6. The summed E-state index contributed by atoms with van der Waals surface area (Å²) >= 11 is 0. The monoisotopic (exact) mass is 369 g/mol. The van der Waals surface area contributed by atoms with E-state index in [2.05, 4.69) is 0 Å². The van der Waals surface area contributed by atoms with Gasteiger partial charge < -0.3 is 14.2 Å². The lowest BCUT2D eigenvalue weighted by Gasteiger charge is -2.45. The van der Waals surface area contributed by atoms with E-state index >= 15 is 0 Å². The number of cyclic esters (lactones) is 1. The Bertz CT molecular complexity index is 754. The summed E-state index contributed by atoms with van der Waals surface area (Å²) in [6.07, 6.45) is 3.62. The third kappa shape index (κ3) is 2.97. The SMILES string of the molecule is COc1ccc(S(=O)(=O)N2CCOC(=O)C23CCCCC3)cc1OC. The molecule has 1 aliphatic heterocycles. The molecule has 0 bridgehead atoms. The largest absolute Gasteiger partial charge is 0.493 e. The normalized spacial score (nSPS) is 21.0. The zero-order valence-electron chi connectivity index (χ0n) is 14.5. The van der Waals surface area contributed by atoms with Crippen LogP contribution >= 0.6 is 0 Å². The number of sulfonamides is 1. The van der Waals surface area contributed by atoms with Gasteiger partial charge in [0, 0.05) is 12.6 Å². The summed E-state index contributed by atoms with van der Waals surface area (Å²) in [7, 11) is -0.920. The summed E-state index contributed by atoms with van der Waals surface area (Å²) in [5.41, 5.74) is -1.08. The Kier molecular flexibility index (Phi) is 4.92. The molecule has 2 aliphatic rings. The lowest BCUT2D eigenvalue weighted by Crippen LogP contribution is -2.62. The van der Waals surface area contributed by atoms with Crippen LogP contribution in [0.1, 0.15) is 32.1 Å². The molecule has 25 heavy (non-hydrogen) atoms. The van der Waals surface area contributed by atoms with Crippen molar-refractivity contribution >= 4 is 16.0 Å². The van der Waals surface area contributed by atoms with E-state index in [1.54, 1.807) is 6.07 Å². The molecule has 0 unspecified atom stereocenters. The highest BCUT2D eigenvalue weighted by Gasteiger charge is 2.53. The maximum Gasteiger partial charge on any atom is 0.327 e.